The minimum atomic E-state index is 0.207. The molecule has 1 fully saturated rings. The van der Waals surface area contributed by atoms with Gasteiger partial charge in [0.2, 0.25) is 5.91 Å². The van der Waals surface area contributed by atoms with Crippen molar-refractivity contribution in [3.8, 4) is 0 Å². The van der Waals surface area contributed by atoms with Gasteiger partial charge in [-0.25, -0.2) is 0 Å². The smallest absolute Gasteiger partial charge is 0.236 e. The number of likely N-dealkylation sites (N-methyl/N-ethyl adjacent to an activating group) is 1. The number of carbonyl (C=O) groups is 1. The van der Waals surface area contributed by atoms with E-state index in [2.05, 4.69) is 17.4 Å². The number of rotatable bonds is 6. The van der Waals surface area contributed by atoms with Gasteiger partial charge in [-0.2, -0.15) is 0 Å². The second-order valence-electron chi connectivity index (χ2n) is 5.26. The summed E-state index contributed by atoms with van der Waals surface area (Å²) in [5.74, 6) is 0.207. The van der Waals surface area contributed by atoms with Crippen molar-refractivity contribution in [1.82, 2.24) is 10.2 Å². The van der Waals surface area contributed by atoms with E-state index < -0.39 is 0 Å². The molecule has 0 heterocycles. The highest BCUT2D eigenvalue weighted by Gasteiger charge is 2.17. The van der Waals surface area contributed by atoms with Gasteiger partial charge in [-0.15, -0.1) is 0 Å². The Bertz CT molecular complexity index is 385. The van der Waals surface area contributed by atoms with Gasteiger partial charge in [0.25, 0.3) is 0 Å². The van der Waals surface area contributed by atoms with Crippen LogP contribution in [0.1, 0.15) is 38.2 Å². The number of benzene rings is 1. The van der Waals surface area contributed by atoms with Gasteiger partial charge < -0.3 is 10.2 Å². The molecule has 104 valence electrons. The molecule has 3 nitrogen and oxygen atoms in total. The molecular formula is C16H24N2O. The highest BCUT2D eigenvalue weighted by Crippen LogP contribution is 2.17. The van der Waals surface area contributed by atoms with E-state index in [0.717, 1.165) is 6.54 Å². The van der Waals surface area contributed by atoms with Crippen LogP contribution in [0.5, 0.6) is 0 Å². The summed E-state index contributed by atoms with van der Waals surface area (Å²) in [6, 6.07) is 10.7. The van der Waals surface area contributed by atoms with Crippen molar-refractivity contribution in [3.05, 3.63) is 35.9 Å². The maximum Gasteiger partial charge on any atom is 0.236 e. The number of nitrogens with zero attached hydrogens (tertiary/aromatic N) is 1. The molecule has 0 atom stereocenters. The number of hydrogen-bond acceptors (Lipinski definition) is 2. The number of amides is 1. The monoisotopic (exact) mass is 260 g/mol. The first-order valence-corrected chi connectivity index (χ1v) is 7.34. The largest absolute Gasteiger partial charge is 0.338 e. The lowest BCUT2D eigenvalue weighted by atomic mass is 10.2. The van der Waals surface area contributed by atoms with Crippen LogP contribution in [-0.2, 0) is 11.3 Å². The van der Waals surface area contributed by atoms with Gasteiger partial charge in [-0.05, 0) is 25.3 Å². The van der Waals surface area contributed by atoms with Gasteiger partial charge in [0.1, 0.15) is 0 Å². The van der Waals surface area contributed by atoms with E-state index >= 15 is 0 Å². The number of nitrogens with one attached hydrogen (secondary N) is 1. The fraction of sp³-hybridized carbons (Fsp3) is 0.562. The Morgan fingerprint density at radius 3 is 2.58 bits per heavy atom. The first-order valence-electron chi connectivity index (χ1n) is 7.34. The van der Waals surface area contributed by atoms with E-state index in [-0.39, 0.29) is 5.91 Å². The van der Waals surface area contributed by atoms with E-state index in [9.17, 15) is 4.79 Å². The minimum absolute atomic E-state index is 0.207. The number of carbonyl (C=O) groups excluding carboxylic acids is 1. The van der Waals surface area contributed by atoms with E-state index in [1.807, 2.05) is 30.0 Å². The van der Waals surface area contributed by atoms with E-state index in [0.29, 0.717) is 19.1 Å². The molecule has 0 radical (unpaired) electrons. The zero-order valence-electron chi connectivity index (χ0n) is 11.8. The molecule has 0 unspecified atom stereocenters. The lowest BCUT2D eigenvalue weighted by Gasteiger charge is -2.22. The highest BCUT2D eigenvalue weighted by molar-refractivity contribution is 5.78. The zero-order valence-corrected chi connectivity index (χ0v) is 11.8. The first kappa shape index (κ1) is 14.1. The molecular weight excluding hydrogens is 236 g/mol. The van der Waals surface area contributed by atoms with Crippen molar-refractivity contribution < 1.29 is 4.79 Å². The Morgan fingerprint density at radius 2 is 1.95 bits per heavy atom. The summed E-state index contributed by atoms with van der Waals surface area (Å²) in [6.07, 6.45) is 5.04. The third-order valence-corrected chi connectivity index (χ3v) is 3.85. The van der Waals surface area contributed by atoms with Crippen molar-refractivity contribution in [2.24, 2.45) is 0 Å². The lowest BCUT2D eigenvalue weighted by molar-refractivity contribution is -0.130. The van der Waals surface area contributed by atoms with Crippen LogP contribution in [0.3, 0.4) is 0 Å². The van der Waals surface area contributed by atoms with Crippen LogP contribution < -0.4 is 5.32 Å². The molecule has 0 bridgehead atoms. The molecule has 3 heteroatoms. The van der Waals surface area contributed by atoms with Crippen LogP contribution in [0.15, 0.2) is 30.3 Å². The molecule has 0 aliphatic heterocycles. The number of hydrogen-bond donors (Lipinski definition) is 1. The normalized spacial score (nSPS) is 15.6. The second kappa shape index (κ2) is 7.29. The van der Waals surface area contributed by atoms with E-state index in [4.69, 9.17) is 0 Å². The Balaban J connectivity index is 1.81. The van der Waals surface area contributed by atoms with Crippen molar-refractivity contribution in [3.63, 3.8) is 0 Å². The summed E-state index contributed by atoms with van der Waals surface area (Å²) in [5.41, 5.74) is 1.19. The van der Waals surface area contributed by atoms with Gasteiger partial charge in [-0.1, -0.05) is 43.2 Å². The predicted molar refractivity (Wildman–Crippen MR) is 77.8 cm³/mol. The maximum absolute atomic E-state index is 12.2. The SMILES string of the molecule is CCN(Cc1ccccc1)C(=O)CNC1CCCC1. The molecule has 1 aromatic rings. The molecule has 0 aromatic heterocycles. The van der Waals surface area contributed by atoms with Crippen LogP contribution in [0.25, 0.3) is 0 Å². The Morgan fingerprint density at radius 1 is 1.26 bits per heavy atom. The summed E-state index contributed by atoms with van der Waals surface area (Å²) in [7, 11) is 0. The van der Waals surface area contributed by atoms with E-state index in [1.54, 1.807) is 0 Å². The van der Waals surface area contributed by atoms with Gasteiger partial charge >= 0.3 is 0 Å². The average Bonchev–Trinajstić information content (AvgIpc) is 2.96. The topological polar surface area (TPSA) is 32.3 Å². The Labute approximate surface area is 116 Å². The fourth-order valence-corrected chi connectivity index (χ4v) is 2.65. The first-order chi connectivity index (χ1) is 9.29. The van der Waals surface area contributed by atoms with Crippen LogP contribution >= 0.6 is 0 Å². The lowest BCUT2D eigenvalue weighted by Crippen LogP contribution is -2.40. The molecule has 2 rings (SSSR count). The van der Waals surface area contributed by atoms with Crippen molar-refractivity contribution in [2.45, 2.75) is 45.2 Å². The van der Waals surface area contributed by atoms with Crippen LogP contribution in [-0.4, -0.2) is 29.9 Å². The summed E-state index contributed by atoms with van der Waals surface area (Å²) in [4.78, 5) is 14.1. The average molecular weight is 260 g/mol. The van der Waals surface area contributed by atoms with Crippen LogP contribution in [0, 0.1) is 0 Å². The minimum Gasteiger partial charge on any atom is -0.338 e. The molecule has 1 amide bonds. The summed E-state index contributed by atoms with van der Waals surface area (Å²) in [6.45, 7) is 3.99. The van der Waals surface area contributed by atoms with Gasteiger partial charge in [0.05, 0.1) is 6.54 Å². The van der Waals surface area contributed by atoms with Crippen molar-refractivity contribution in [1.29, 1.82) is 0 Å². The molecule has 0 spiro atoms. The zero-order chi connectivity index (χ0) is 13.5. The van der Waals surface area contributed by atoms with Gasteiger partial charge in [0, 0.05) is 19.1 Å². The van der Waals surface area contributed by atoms with Gasteiger partial charge in [0.15, 0.2) is 0 Å². The molecule has 1 saturated carbocycles. The highest BCUT2D eigenvalue weighted by atomic mass is 16.2. The summed E-state index contributed by atoms with van der Waals surface area (Å²) >= 11 is 0. The molecule has 1 aromatic carbocycles. The second-order valence-corrected chi connectivity index (χ2v) is 5.26. The summed E-state index contributed by atoms with van der Waals surface area (Å²) < 4.78 is 0. The Kier molecular flexibility index (Phi) is 5.40. The fourth-order valence-electron chi connectivity index (χ4n) is 2.65. The predicted octanol–water partition coefficient (Wildman–Crippen LogP) is 2.57. The quantitative estimate of drug-likeness (QED) is 0.852. The molecule has 0 saturated heterocycles. The maximum atomic E-state index is 12.2. The van der Waals surface area contributed by atoms with Crippen molar-refractivity contribution in [2.75, 3.05) is 13.1 Å². The molecule has 1 N–H and O–H groups in total. The Hall–Kier alpha value is -1.35. The molecule has 19 heavy (non-hydrogen) atoms. The van der Waals surface area contributed by atoms with Crippen molar-refractivity contribution >= 4 is 5.91 Å². The third kappa shape index (κ3) is 4.35. The van der Waals surface area contributed by atoms with Crippen LogP contribution in [0.4, 0.5) is 0 Å². The third-order valence-electron chi connectivity index (χ3n) is 3.85. The van der Waals surface area contributed by atoms with Gasteiger partial charge in [-0.3, -0.25) is 4.79 Å². The van der Waals surface area contributed by atoms with E-state index in [1.165, 1.54) is 31.2 Å². The molecule has 1 aliphatic rings. The summed E-state index contributed by atoms with van der Waals surface area (Å²) in [5, 5.41) is 3.39. The van der Waals surface area contributed by atoms with Crippen LogP contribution in [0.2, 0.25) is 0 Å². The molecule has 1 aliphatic carbocycles. The standard InChI is InChI=1S/C16H24N2O/c1-2-18(13-14-8-4-3-5-9-14)16(19)12-17-15-10-6-7-11-15/h3-5,8-9,15,17H,2,6-7,10-13H2,1H3.